The number of aromatic nitrogens is 1. The molecule has 0 aliphatic carbocycles. The molecule has 2 heterocycles. The summed E-state index contributed by atoms with van der Waals surface area (Å²) in [5.41, 5.74) is 0.902. The number of carbonyl (C=O) groups is 1. The Kier molecular flexibility index (Phi) is 6.38. The number of nitrogens with zero attached hydrogens (tertiary/aromatic N) is 2. The van der Waals surface area contributed by atoms with Crippen LogP contribution in [-0.4, -0.2) is 53.9 Å². The summed E-state index contributed by atoms with van der Waals surface area (Å²) in [6.45, 7) is 8.49. The molecule has 0 saturated carbocycles. The van der Waals surface area contributed by atoms with Crippen molar-refractivity contribution >= 4 is 17.4 Å². The van der Waals surface area contributed by atoms with Crippen LogP contribution in [0, 0.1) is 12.3 Å². The molecule has 0 radical (unpaired) electrons. The zero-order chi connectivity index (χ0) is 16.9. The van der Waals surface area contributed by atoms with E-state index in [1.807, 2.05) is 26.2 Å². The minimum atomic E-state index is -0.124. The number of amides is 2. The van der Waals surface area contributed by atoms with E-state index in [-0.39, 0.29) is 24.2 Å². The number of morpholine rings is 1. The largest absolute Gasteiger partial charge is 0.396 e. The average Bonchev–Trinajstić information content (AvgIpc) is 2.98. The van der Waals surface area contributed by atoms with Crippen LogP contribution in [0.25, 0.3) is 0 Å². The summed E-state index contributed by atoms with van der Waals surface area (Å²) >= 11 is 1.58. The van der Waals surface area contributed by atoms with Gasteiger partial charge in [0.15, 0.2) is 0 Å². The second kappa shape index (κ2) is 8.08. The zero-order valence-corrected chi connectivity index (χ0v) is 15.0. The summed E-state index contributed by atoms with van der Waals surface area (Å²) in [4.78, 5) is 18.5. The maximum Gasteiger partial charge on any atom is 0.317 e. The van der Waals surface area contributed by atoms with Crippen LogP contribution in [-0.2, 0) is 4.74 Å². The van der Waals surface area contributed by atoms with E-state index in [1.165, 1.54) is 0 Å². The van der Waals surface area contributed by atoms with Crippen LogP contribution in [0.3, 0.4) is 0 Å². The fourth-order valence-corrected chi connectivity index (χ4v) is 3.29. The van der Waals surface area contributed by atoms with Gasteiger partial charge in [-0.05, 0) is 25.2 Å². The van der Waals surface area contributed by atoms with Crippen molar-refractivity contribution in [3.8, 4) is 0 Å². The lowest BCUT2D eigenvalue weighted by atomic mass is 9.89. The first-order chi connectivity index (χ1) is 10.9. The smallest absolute Gasteiger partial charge is 0.317 e. The number of thiazole rings is 1. The van der Waals surface area contributed by atoms with Gasteiger partial charge in [0.2, 0.25) is 0 Å². The highest BCUT2D eigenvalue weighted by Crippen LogP contribution is 2.25. The quantitative estimate of drug-likeness (QED) is 0.779. The molecule has 1 aliphatic heterocycles. The number of aryl methyl sites for hydroxylation is 1. The van der Waals surface area contributed by atoms with E-state index < -0.39 is 0 Å². The van der Waals surface area contributed by atoms with Crippen molar-refractivity contribution in [3.05, 3.63) is 16.1 Å². The molecule has 2 N–H and O–H groups in total. The molecule has 1 aromatic rings. The van der Waals surface area contributed by atoms with Gasteiger partial charge in [0.1, 0.15) is 11.1 Å². The number of aliphatic hydroxyl groups excluding tert-OH is 1. The first-order valence-corrected chi connectivity index (χ1v) is 8.96. The molecule has 1 aromatic heterocycles. The van der Waals surface area contributed by atoms with Crippen LogP contribution in [0.2, 0.25) is 0 Å². The molecular weight excluding hydrogens is 314 g/mol. The molecule has 130 valence electrons. The standard InChI is InChI=1S/C16H27N3O3S/c1-12-10-23-14(18-12)13-9-19(7-8-22-13)15(21)17-6-4-5-16(2,3)11-20/h10,13,20H,4-9,11H2,1-3H3,(H,17,21)/t13-/m0/s1. The van der Waals surface area contributed by atoms with Crippen molar-refractivity contribution in [2.24, 2.45) is 5.41 Å². The van der Waals surface area contributed by atoms with Crippen LogP contribution < -0.4 is 5.32 Å². The Morgan fingerprint density at radius 2 is 2.39 bits per heavy atom. The number of ether oxygens (including phenoxy) is 1. The Hall–Kier alpha value is -1.18. The number of hydrogen-bond donors (Lipinski definition) is 2. The predicted molar refractivity (Wildman–Crippen MR) is 90.6 cm³/mol. The summed E-state index contributed by atoms with van der Waals surface area (Å²) < 4.78 is 5.74. The van der Waals surface area contributed by atoms with E-state index in [4.69, 9.17) is 4.74 Å². The Morgan fingerprint density at radius 3 is 3.04 bits per heavy atom. The molecule has 2 rings (SSSR count). The summed E-state index contributed by atoms with van der Waals surface area (Å²) in [5.74, 6) is 0. The van der Waals surface area contributed by atoms with Gasteiger partial charge in [-0.25, -0.2) is 9.78 Å². The van der Waals surface area contributed by atoms with Crippen molar-refractivity contribution in [2.45, 2.75) is 39.7 Å². The van der Waals surface area contributed by atoms with E-state index in [1.54, 1.807) is 16.2 Å². The third-order valence-corrected chi connectivity index (χ3v) is 5.06. The van der Waals surface area contributed by atoms with Crippen molar-refractivity contribution < 1.29 is 14.6 Å². The summed E-state index contributed by atoms with van der Waals surface area (Å²) in [6, 6.07) is -0.0478. The van der Waals surface area contributed by atoms with Crippen molar-refractivity contribution in [2.75, 3.05) is 32.8 Å². The first-order valence-electron chi connectivity index (χ1n) is 8.08. The van der Waals surface area contributed by atoms with Gasteiger partial charge in [0.25, 0.3) is 0 Å². The minimum Gasteiger partial charge on any atom is -0.396 e. The highest BCUT2D eigenvalue weighted by molar-refractivity contribution is 7.09. The Balaban J connectivity index is 1.76. The lowest BCUT2D eigenvalue weighted by molar-refractivity contribution is -0.0155. The summed E-state index contributed by atoms with van der Waals surface area (Å²) in [7, 11) is 0. The molecule has 1 aliphatic rings. The number of aliphatic hydroxyl groups is 1. The van der Waals surface area contributed by atoms with Crippen LogP contribution in [0.15, 0.2) is 5.38 Å². The van der Waals surface area contributed by atoms with E-state index in [0.29, 0.717) is 26.2 Å². The molecule has 0 aromatic carbocycles. The van der Waals surface area contributed by atoms with E-state index >= 15 is 0 Å². The van der Waals surface area contributed by atoms with Gasteiger partial charge >= 0.3 is 6.03 Å². The van der Waals surface area contributed by atoms with Gasteiger partial charge < -0.3 is 20.1 Å². The molecule has 1 atom stereocenters. The number of nitrogens with one attached hydrogen (secondary N) is 1. The lowest BCUT2D eigenvalue weighted by Crippen LogP contribution is -2.47. The Bertz CT molecular complexity index is 518. The summed E-state index contributed by atoms with van der Waals surface area (Å²) in [5, 5.41) is 15.1. The highest BCUT2D eigenvalue weighted by atomic mass is 32.1. The second-order valence-electron chi connectivity index (χ2n) is 6.79. The van der Waals surface area contributed by atoms with Gasteiger partial charge in [-0.3, -0.25) is 0 Å². The van der Waals surface area contributed by atoms with Crippen molar-refractivity contribution in [1.29, 1.82) is 0 Å². The second-order valence-corrected chi connectivity index (χ2v) is 7.68. The van der Waals surface area contributed by atoms with Gasteiger partial charge in [0, 0.05) is 30.8 Å². The fraction of sp³-hybridized carbons (Fsp3) is 0.750. The molecule has 7 heteroatoms. The maximum absolute atomic E-state index is 12.3. The molecule has 0 unspecified atom stereocenters. The predicted octanol–water partition coefficient (Wildman–Crippen LogP) is 2.33. The number of hydrogen-bond acceptors (Lipinski definition) is 5. The molecule has 1 fully saturated rings. The first kappa shape index (κ1) is 18.2. The van der Waals surface area contributed by atoms with Crippen LogP contribution in [0.4, 0.5) is 4.79 Å². The molecule has 23 heavy (non-hydrogen) atoms. The van der Waals surface area contributed by atoms with Crippen molar-refractivity contribution in [3.63, 3.8) is 0 Å². The zero-order valence-electron chi connectivity index (χ0n) is 14.2. The maximum atomic E-state index is 12.3. The SMILES string of the molecule is Cc1csc([C@@H]2CN(C(=O)NCCCC(C)(C)CO)CCO2)n1. The molecule has 0 spiro atoms. The van der Waals surface area contributed by atoms with Gasteiger partial charge in [-0.15, -0.1) is 11.3 Å². The normalized spacial score (nSPS) is 19.0. The molecule has 1 saturated heterocycles. The topological polar surface area (TPSA) is 74.7 Å². The molecule has 0 bridgehead atoms. The monoisotopic (exact) mass is 341 g/mol. The van der Waals surface area contributed by atoms with Gasteiger partial charge in [-0.1, -0.05) is 13.8 Å². The number of rotatable bonds is 6. The van der Waals surface area contributed by atoms with E-state index in [9.17, 15) is 9.90 Å². The number of urea groups is 1. The lowest BCUT2D eigenvalue weighted by Gasteiger charge is -2.32. The van der Waals surface area contributed by atoms with Crippen LogP contribution in [0.1, 0.15) is 43.5 Å². The Morgan fingerprint density at radius 1 is 1.61 bits per heavy atom. The number of carbonyl (C=O) groups excluding carboxylic acids is 1. The highest BCUT2D eigenvalue weighted by Gasteiger charge is 2.27. The van der Waals surface area contributed by atoms with Crippen LogP contribution in [0.5, 0.6) is 0 Å². The Labute approximate surface area is 141 Å². The van der Waals surface area contributed by atoms with E-state index in [0.717, 1.165) is 23.5 Å². The van der Waals surface area contributed by atoms with Gasteiger partial charge in [-0.2, -0.15) is 0 Å². The third-order valence-electron chi connectivity index (χ3n) is 4.00. The molecule has 2 amide bonds. The molecule has 6 nitrogen and oxygen atoms in total. The minimum absolute atomic E-state index is 0.0478. The fourth-order valence-electron chi connectivity index (χ4n) is 2.46. The van der Waals surface area contributed by atoms with Gasteiger partial charge in [0.05, 0.1) is 13.2 Å². The average molecular weight is 341 g/mol. The van der Waals surface area contributed by atoms with Crippen LogP contribution >= 0.6 is 11.3 Å². The molecular formula is C16H27N3O3S. The third kappa shape index (κ3) is 5.44. The van der Waals surface area contributed by atoms with Crippen molar-refractivity contribution in [1.82, 2.24) is 15.2 Å². The summed E-state index contributed by atoms with van der Waals surface area (Å²) in [6.07, 6.45) is 1.62. The van der Waals surface area contributed by atoms with E-state index in [2.05, 4.69) is 10.3 Å².